The molecular weight excluding hydrogens is 272 g/mol. The molecule has 20 heavy (non-hydrogen) atoms. The lowest BCUT2D eigenvalue weighted by molar-refractivity contribution is 0.204. The van der Waals surface area contributed by atoms with Crippen molar-refractivity contribution in [2.45, 2.75) is 24.8 Å². The van der Waals surface area contributed by atoms with Crippen molar-refractivity contribution in [2.75, 3.05) is 25.2 Å². The number of alkyl halides is 1. The Kier molecular flexibility index (Phi) is 4.08. The number of halogens is 1. The van der Waals surface area contributed by atoms with Crippen molar-refractivity contribution >= 4 is 28.3 Å². The Hall–Kier alpha value is -1.32. The summed E-state index contributed by atoms with van der Waals surface area (Å²) in [6, 6.07) is 10.9. The van der Waals surface area contributed by atoms with Crippen LogP contribution in [0.15, 0.2) is 30.3 Å². The molecule has 0 radical (unpaired) electrons. The number of nitrogens with zero attached hydrogens (tertiary/aromatic N) is 2. The van der Waals surface area contributed by atoms with Crippen LogP contribution in [0.5, 0.6) is 0 Å². The molecule has 4 heteroatoms. The fourth-order valence-corrected chi connectivity index (χ4v) is 2.77. The summed E-state index contributed by atoms with van der Waals surface area (Å²) < 4.78 is 5.22. The van der Waals surface area contributed by atoms with Gasteiger partial charge in [-0.3, -0.25) is 0 Å². The lowest BCUT2D eigenvalue weighted by Crippen LogP contribution is -2.30. The van der Waals surface area contributed by atoms with Gasteiger partial charge in [0, 0.05) is 31.0 Å². The summed E-state index contributed by atoms with van der Waals surface area (Å²) >= 11 is 6.11. The minimum Gasteiger partial charge on any atom is -0.383 e. The molecule has 0 bridgehead atoms. The van der Waals surface area contributed by atoms with E-state index in [1.807, 2.05) is 12.1 Å². The molecule has 1 heterocycles. The average Bonchev–Trinajstić information content (AvgIpc) is 3.31. The third kappa shape index (κ3) is 2.74. The van der Waals surface area contributed by atoms with E-state index < -0.39 is 0 Å². The highest BCUT2D eigenvalue weighted by Gasteiger charge is 2.30. The van der Waals surface area contributed by atoms with Crippen LogP contribution in [0.3, 0.4) is 0 Å². The number of hydrogen-bond donors (Lipinski definition) is 0. The van der Waals surface area contributed by atoms with Crippen molar-refractivity contribution in [3.63, 3.8) is 0 Å². The second kappa shape index (κ2) is 5.98. The summed E-state index contributed by atoms with van der Waals surface area (Å²) in [7, 11) is 1.74. The zero-order valence-corrected chi connectivity index (χ0v) is 12.4. The Morgan fingerprint density at radius 3 is 2.85 bits per heavy atom. The molecule has 0 atom stereocenters. The lowest BCUT2D eigenvalue weighted by atomic mass is 10.1. The third-order valence-electron chi connectivity index (χ3n) is 3.75. The van der Waals surface area contributed by atoms with Gasteiger partial charge in [0.05, 0.1) is 12.1 Å². The first-order chi connectivity index (χ1) is 9.83. The van der Waals surface area contributed by atoms with E-state index in [-0.39, 0.29) is 0 Å². The molecule has 2 aromatic rings. The van der Waals surface area contributed by atoms with Crippen LogP contribution in [-0.2, 0) is 10.6 Å². The second-order valence-electron chi connectivity index (χ2n) is 5.21. The van der Waals surface area contributed by atoms with Gasteiger partial charge in [0.25, 0.3) is 0 Å². The van der Waals surface area contributed by atoms with Crippen molar-refractivity contribution in [2.24, 2.45) is 0 Å². The topological polar surface area (TPSA) is 25.4 Å². The van der Waals surface area contributed by atoms with Gasteiger partial charge in [0.1, 0.15) is 5.82 Å². The maximum absolute atomic E-state index is 6.11. The highest BCUT2D eigenvalue weighted by Crippen LogP contribution is 2.32. The molecule has 3 rings (SSSR count). The van der Waals surface area contributed by atoms with Gasteiger partial charge in [-0.15, -0.1) is 11.6 Å². The molecule has 0 unspecified atom stereocenters. The molecule has 0 N–H and O–H groups in total. The van der Waals surface area contributed by atoms with Crippen molar-refractivity contribution in [3.05, 3.63) is 35.9 Å². The van der Waals surface area contributed by atoms with Gasteiger partial charge in [0.2, 0.25) is 0 Å². The normalized spacial score (nSPS) is 14.7. The molecule has 0 amide bonds. The summed E-state index contributed by atoms with van der Waals surface area (Å²) in [4.78, 5) is 7.16. The number of aromatic nitrogens is 1. The van der Waals surface area contributed by atoms with Crippen LogP contribution >= 0.6 is 11.6 Å². The summed E-state index contributed by atoms with van der Waals surface area (Å²) in [6.07, 6.45) is 2.49. The molecule has 0 saturated heterocycles. The van der Waals surface area contributed by atoms with Crippen LogP contribution in [-0.4, -0.2) is 31.3 Å². The number of hydrogen-bond acceptors (Lipinski definition) is 3. The fourth-order valence-electron chi connectivity index (χ4n) is 2.55. The van der Waals surface area contributed by atoms with Crippen LogP contribution in [0.2, 0.25) is 0 Å². The number of benzene rings is 1. The number of pyridine rings is 1. The molecule has 1 aliphatic rings. The molecule has 0 aliphatic heterocycles. The Bertz CT molecular complexity index is 598. The highest BCUT2D eigenvalue weighted by atomic mass is 35.5. The second-order valence-corrected chi connectivity index (χ2v) is 5.47. The zero-order chi connectivity index (χ0) is 13.9. The Labute approximate surface area is 124 Å². The summed E-state index contributed by atoms with van der Waals surface area (Å²) in [5, 5.41) is 1.15. The first-order valence-electron chi connectivity index (χ1n) is 7.03. The van der Waals surface area contributed by atoms with Crippen LogP contribution in [0, 0.1) is 0 Å². The summed E-state index contributed by atoms with van der Waals surface area (Å²) in [6.45, 7) is 1.61. The molecule has 1 aromatic heterocycles. The Morgan fingerprint density at radius 1 is 1.35 bits per heavy atom. The minimum atomic E-state index is 0.513. The molecule has 1 aromatic carbocycles. The number of para-hydroxylation sites is 1. The van der Waals surface area contributed by atoms with Crippen LogP contribution < -0.4 is 4.90 Å². The molecule has 1 saturated carbocycles. The van der Waals surface area contributed by atoms with Gasteiger partial charge >= 0.3 is 0 Å². The van der Waals surface area contributed by atoms with Gasteiger partial charge in [-0.1, -0.05) is 18.2 Å². The van der Waals surface area contributed by atoms with Crippen LogP contribution in [0.25, 0.3) is 10.9 Å². The van der Waals surface area contributed by atoms with Gasteiger partial charge in [-0.2, -0.15) is 0 Å². The van der Waals surface area contributed by atoms with Crippen molar-refractivity contribution in [1.82, 2.24) is 4.98 Å². The summed E-state index contributed by atoms with van der Waals surface area (Å²) in [5.41, 5.74) is 2.17. The van der Waals surface area contributed by atoms with E-state index in [2.05, 4.69) is 23.1 Å². The number of rotatable bonds is 6. The SMILES string of the molecule is COCCN(c1cc(CCl)c2ccccc2n1)C1CC1. The van der Waals surface area contributed by atoms with E-state index in [1.165, 1.54) is 12.8 Å². The predicted octanol–water partition coefficient (Wildman–Crippen LogP) is 3.59. The zero-order valence-electron chi connectivity index (χ0n) is 11.7. The van der Waals surface area contributed by atoms with Gasteiger partial charge < -0.3 is 9.64 Å². The molecule has 106 valence electrons. The monoisotopic (exact) mass is 290 g/mol. The van der Waals surface area contributed by atoms with E-state index in [4.69, 9.17) is 21.3 Å². The molecule has 1 fully saturated rings. The van der Waals surface area contributed by atoms with Crippen molar-refractivity contribution < 1.29 is 4.74 Å². The molecule has 3 nitrogen and oxygen atoms in total. The quantitative estimate of drug-likeness (QED) is 0.760. The van der Waals surface area contributed by atoms with Gasteiger partial charge in [-0.05, 0) is 30.5 Å². The maximum atomic E-state index is 6.11. The first-order valence-corrected chi connectivity index (χ1v) is 7.57. The van der Waals surface area contributed by atoms with Crippen LogP contribution in [0.1, 0.15) is 18.4 Å². The largest absolute Gasteiger partial charge is 0.383 e. The molecule has 0 spiro atoms. The van der Waals surface area contributed by atoms with E-state index in [0.29, 0.717) is 11.9 Å². The number of fused-ring (bicyclic) bond motifs is 1. The van der Waals surface area contributed by atoms with E-state index >= 15 is 0 Å². The standard InChI is InChI=1S/C16H19ClN2O/c1-20-9-8-19(13-6-7-13)16-10-12(11-17)14-4-2-3-5-15(14)18-16/h2-5,10,13H,6-9,11H2,1H3. The van der Waals surface area contributed by atoms with Crippen molar-refractivity contribution in [3.8, 4) is 0 Å². The Morgan fingerprint density at radius 2 is 2.15 bits per heavy atom. The minimum absolute atomic E-state index is 0.513. The number of anilines is 1. The number of ether oxygens (including phenoxy) is 1. The van der Waals surface area contributed by atoms with E-state index in [9.17, 15) is 0 Å². The highest BCUT2D eigenvalue weighted by molar-refractivity contribution is 6.18. The van der Waals surface area contributed by atoms with E-state index in [0.717, 1.165) is 35.4 Å². The fraction of sp³-hybridized carbons (Fsp3) is 0.438. The number of methoxy groups -OCH3 is 1. The Balaban J connectivity index is 2.00. The smallest absolute Gasteiger partial charge is 0.129 e. The lowest BCUT2D eigenvalue weighted by Gasteiger charge is -2.24. The van der Waals surface area contributed by atoms with Crippen LogP contribution in [0.4, 0.5) is 5.82 Å². The van der Waals surface area contributed by atoms with E-state index in [1.54, 1.807) is 7.11 Å². The van der Waals surface area contributed by atoms with Gasteiger partial charge in [0.15, 0.2) is 0 Å². The summed E-state index contributed by atoms with van der Waals surface area (Å²) in [5.74, 6) is 1.54. The first kappa shape index (κ1) is 13.7. The molecule has 1 aliphatic carbocycles. The van der Waals surface area contributed by atoms with Crippen molar-refractivity contribution in [1.29, 1.82) is 0 Å². The molecular formula is C16H19ClN2O. The van der Waals surface area contributed by atoms with Gasteiger partial charge in [-0.25, -0.2) is 4.98 Å². The predicted molar refractivity (Wildman–Crippen MR) is 83.5 cm³/mol. The average molecular weight is 291 g/mol. The maximum Gasteiger partial charge on any atom is 0.129 e. The third-order valence-corrected chi connectivity index (χ3v) is 4.04.